The van der Waals surface area contributed by atoms with Crippen LogP contribution in [-0.4, -0.2) is 15.0 Å². The minimum atomic E-state index is -3.95. The Balaban J connectivity index is 2.99. The van der Waals surface area contributed by atoms with Gasteiger partial charge in [-0.05, 0) is 18.6 Å². The van der Waals surface area contributed by atoms with E-state index >= 15 is 0 Å². The highest BCUT2D eigenvalue weighted by Gasteiger charge is 2.17. The Bertz CT molecular complexity index is 505. The molecule has 0 saturated heterocycles. The fraction of sp³-hybridized carbons (Fsp3) is 0.333. The molecule has 0 radical (unpaired) electrons. The van der Waals surface area contributed by atoms with Crippen molar-refractivity contribution in [2.45, 2.75) is 13.3 Å². The van der Waals surface area contributed by atoms with Crippen molar-refractivity contribution in [1.29, 1.82) is 0 Å². The molecule has 0 spiro atoms. The first-order valence-corrected chi connectivity index (χ1v) is 6.36. The molecule has 0 atom stereocenters. The molecule has 0 heterocycles. The number of halogens is 2. The topological polar surface area (TPSA) is 84.2 Å². The first-order valence-electron chi connectivity index (χ1n) is 4.88. The zero-order valence-corrected chi connectivity index (χ0v) is 9.94. The molecule has 4 N–H and O–H groups in total. The predicted octanol–water partition coefficient (Wildman–Crippen LogP) is 1.20. The molecule has 1 rings (SSSR count). The van der Waals surface area contributed by atoms with E-state index in [1.54, 1.807) is 6.92 Å². The van der Waals surface area contributed by atoms with Crippen molar-refractivity contribution < 1.29 is 17.2 Å². The van der Waals surface area contributed by atoms with Gasteiger partial charge in [-0.15, -0.1) is 0 Å². The molecule has 0 aliphatic heterocycles. The number of nitrogen functional groups attached to an aromatic ring is 1. The SMILES string of the molecule is CCCNS(=O)(=O)Nc1c(N)ccc(F)c1F. The molecular formula is C9H13F2N3O2S. The van der Waals surface area contributed by atoms with Crippen LogP contribution in [0.25, 0.3) is 0 Å². The number of nitrogens with two attached hydrogens (primary N) is 1. The van der Waals surface area contributed by atoms with Gasteiger partial charge in [0.2, 0.25) is 0 Å². The number of benzene rings is 1. The molecule has 0 saturated carbocycles. The Kier molecular flexibility index (Phi) is 4.24. The lowest BCUT2D eigenvalue weighted by Gasteiger charge is -2.11. The summed E-state index contributed by atoms with van der Waals surface area (Å²) in [5, 5.41) is 0. The lowest BCUT2D eigenvalue weighted by Crippen LogP contribution is -2.31. The average molecular weight is 265 g/mol. The van der Waals surface area contributed by atoms with E-state index in [0.29, 0.717) is 6.42 Å². The van der Waals surface area contributed by atoms with E-state index in [1.807, 2.05) is 4.72 Å². The number of hydrogen-bond acceptors (Lipinski definition) is 3. The normalized spacial score (nSPS) is 11.5. The van der Waals surface area contributed by atoms with Gasteiger partial charge in [0, 0.05) is 6.54 Å². The molecule has 1 aromatic carbocycles. The van der Waals surface area contributed by atoms with E-state index in [9.17, 15) is 17.2 Å². The fourth-order valence-corrected chi connectivity index (χ4v) is 2.10. The standard InChI is InChI=1S/C9H13F2N3O2S/c1-2-5-13-17(15,16)14-9-7(12)4-3-6(10)8(9)11/h3-4,13-14H,2,5,12H2,1H3. The van der Waals surface area contributed by atoms with Crippen LogP contribution in [0.2, 0.25) is 0 Å². The smallest absolute Gasteiger partial charge is 0.299 e. The molecule has 5 nitrogen and oxygen atoms in total. The zero-order chi connectivity index (χ0) is 13.1. The van der Waals surface area contributed by atoms with E-state index in [1.165, 1.54) is 0 Å². The van der Waals surface area contributed by atoms with Crippen LogP contribution in [0, 0.1) is 11.6 Å². The number of nitrogens with one attached hydrogen (secondary N) is 2. The Hall–Kier alpha value is -1.41. The maximum absolute atomic E-state index is 13.3. The Morgan fingerprint density at radius 3 is 2.59 bits per heavy atom. The van der Waals surface area contributed by atoms with Gasteiger partial charge in [0.05, 0.1) is 5.69 Å². The van der Waals surface area contributed by atoms with Gasteiger partial charge < -0.3 is 5.73 Å². The van der Waals surface area contributed by atoms with E-state index in [0.717, 1.165) is 12.1 Å². The van der Waals surface area contributed by atoms with Gasteiger partial charge in [0.1, 0.15) is 5.69 Å². The van der Waals surface area contributed by atoms with Gasteiger partial charge in [-0.1, -0.05) is 6.92 Å². The molecule has 17 heavy (non-hydrogen) atoms. The van der Waals surface area contributed by atoms with Crippen LogP contribution in [0.1, 0.15) is 13.3 Å². The summed E-state index contributed by atoms with van der Waals surface area (Å²) in [6.07, 6.45) is 0.571. The third kappa shape index (κ3) is 3.53. The third-order valence-electron chi connectivity index (χ3n) is 1.91. The van der Waals surface area contributed by atoms with Crippen LogP contribution in [0.3, 0.4) is 0 Å². The molecule has 0 fully saturated rings. The van der Waals surface area contributed by atoms with E-state index < -0.39 is 27.5 Å². The van der Waals surface area contributed by atoms with Gasteiger partial charge in [0.15, 0.2) is 11.6 Å². The summed E-state index contributed by atoms with van der Waals surface area (Å²) >= 11 is 0. The number of rotatable bonds is 5. The first kappa shape index (κ1) is 13.7. The lowest BCUT2D eigenvalue weighted by atomic mass is 10.2. The van der Waals surface area contributed by atoms with Crippen molar-refractivity contribution in [1.82, 2.24) is 4.72 Å². The molecule has 8 heteroatoms. The van der Waals surface area contributed by atoms with Gasteiger partial charge in [0.25, 0.3) is 10.2 Å². The largest absolute Gasteiger partial charge is 0.397 e. The van der Waals surface area contributed by atoms with Crippen molar-refractivity contribution in [3.63, 3.8) is 0 Å². The quantitative estimate of drug-likeness (QED) is 0.699. The van der Waals surface area contributed by atoms with Crippen molar-refractivity contribution in [2.75, 3.05) is 17.0 Å². The fourth-order valence-electron chi connectivity index (χ4n) is 1.08. The molecule has 0 aliphatic rings. The van der Waals surface area contributed by atoms with Crippen LogP contribution in [0.4, 0.5) is 20.2 Å². The van der Waals surface area contributed by atoms with Crippen LogP contribution in [0.15, 0.2) is 12.1 Å². The highest BCUT2D eigenvalue weighted by atomic mass is 32.2. The second-order valence-corrected chi connectivity index (χ2v) is 4.83. The van der Waals surface area contributed by atoms with E-state index in [4.69, 9.17) is 5.73 Å². The zero-order valence-electron chi connectivity index (χ0n) is 9.13. The van der Waals surface area contributed by atoms with E-state index in [2.05, 4.69) is 4.72 Å². The molecule has 0 bridgehead atoms. The summed E-state index contributed by atoms with van der Waals surface area (Å²) in [5.41, 5.74) is 4.59. The molecule has 0 aliphatic carbocycles. The Morgan fingerprint density at radius 2 is 2.00 bits per heavy atom. The van der Waals surface area contributed by atoms with Crippen LogP contribution in [0.5, 0.6) is 0 Å². The van der Waals surface area contributed by atoms with Gasteiger partial charge in [-0.2, -0.15) is 13.1 Å². The number of hydrogen-bond donors (Lipinski definition) is 3. The second-order valence-electron chi connectivity index (χ2n) is 3.33. The number of anilines is 2. The summed E-state index contributed by atoms with van der Waals surface area (Å²) < 4.78 is 53.0. The monoisotopic (exact) mass is 265 g/mol. The highest BCUT2D eigenvalue weighted by Crippen LogP contribution is 2.25. The Morgan fingerprint density at radius 1 is 1.35 bits per heavy atom. The van der Waals surface area contributed by atoms with E-state index in [-0.39, 0.29) is 12.2 Å². The highest BCUT2D eigenvalue weighted by molar-refractivity contribution is 7.90. The summed E-state index contributed by atoms with van der Waals surface area (Å²) in [6, 6.07) is 1.90. The minimum absolute atomic E-state index is 0.187. The molecule has 0 aromatic heterocycles. The molecule has 96 valence electrons. The summed E-state index contributed by atoms with van der Waals surface area (Å²) in [7, 11) is -3.95. The maximum Gasteiger partial charge on any atom is 0.299 e. The molecule has 0 amide bonds. The second kappa shape index (κ2) is 5.28. The summed E-state index contributed by atoms with van der Waals surface area (Å²) in [6.45, 7) is 1.95. The van der Waals surface area contributed by atoms with Crippen LogP contribution in [-0.2, 0) is 10.2 Å². The lowest BCUT2D eigenvalue weighted by molar-refractivity contribution is 0.512. The summed E-state index contributed by atoms with van der Waals surface area (Å²) in [4.78, 5) is 0. The van der Waals surface area contributed by atoms with Crippen molar-refractivity contribution in [3.05, 3.63) is 23.8 Å². The van der Waals surface area contributed by atoms with Crippen LogP contribution < -0.4 is 15.2 Å². The van der Waals surface area contributed by atoms with Crippen molar-refractivity contribution in [2.24, 2.45) is 0 Å². The Labute approximate surface area is 98.2 Å². The maximum atomic E-state index is 13.3. The van der Waals surface area contributed by atoms with Crippen molar-refractivity contribution >= 4 is 21.6 Å². The minimum Gasteiger partial charge on any atom is -0.397 e. The van der Waals surface area contributed by atoms with Gasteiger partial charge in [-0.25, -0.2) is 8.78 Å². The van der Waals surface area contributed by atoms with Crippen LogP contribution >= 0.6 is 0 Å². The summed E-state index contributed by atoms with van der Waals surface area (Å²) in [5.74, 6) is -2.50. The average Bonchev–Trinajstić information content (AvgIpc) is 2.27. The molecule has 1 aromatic rings. The van der Waals surface area contributed by atoms with Crippen molar-refractivity contribution in [3.8, 4) is 0 Å². The third-order valence-corrected chi connectivity index (χ3v) is 2.96. The molecule has 0 unspecified atom stereocenters. The first-order chi connectivity index (χ1) is 7.87. The molecular weight excluding hydrogens is 252 g/mol. The van der Waals surface area contributed by atoms with Gasteiger partial charge in [-0.3, -0.25) is 4.72 Å². The van der Waals surface area contributed by atoms with Gasteiger partial charge >= 0.3 is 0 Å². The predicted molar refractivity (Wildman–Crippen MR) is 61.6 cm³/mol.